The molecule has 1 aromatic carbocycles. The number of morpholine rings is 1. The van der Waals surface area contributed by atoms with Gasteiger partial charge in [0.2, 0.25) is 17.7 Å². The molecule has 2 aliphatic rings. The number of benzene rings is 1. The minimum absolute atomic E-state index is 0.0741. The second-order valence-corrected chi connectivity index (χ2v) is 10.9. The molecule has 1 saturated heterocycles. The number of thioether (sulfide) groups is 1. The van der Waals surface area contributed by atoms with E-state index in [0.29, 0.717) is 42.2 Å². The lowest BCUT2D eigenvalue weighted by molar-refractivity contribution is -0.0902. The predicted octanol–water partition coefficient (Wildman–Crippen LogP) is 4.47. The van der Waals surface area contributed by atoms with Crippen molar-refractivity contribution < 1.29 is 14.4 Å². The molecule has 0 radical (unpaired) electrons. The fourth-order valence-corrected chi connectivity index (χ4v) is 5.60. The summed E-state index contributed by atoms with van der Waals surface area (Å²) >= 11 is 7.82. The van der Waals surface area contributed by atoms with Crippen LogP contribution in [0.2, 0.25) is 5.02 Å². The number of rotatable bonds is 7. The molecule has 0 amide bonds. The fraction of sp³-hybridized carbons (Fsp3) is 0.500. The molecule has 35 heavy (non-hydrogen) atoms. The van der Waals surface area contributed by atoms with Crippen LogP contribution in [-0.4, -0.2) is 56.6 Å². The fourth-order valence-electron chi connectivity index (χ4n) is 4.44. The number of aliphatic hydroxyl groups is 1. The quantitative estimate of drug-likeness (QED) is 0.466. The van der Waals surface area contributed by atoms with Crippen molar-refractivity contribution in [2.75, 3.05) is 29.9 Å². The van der Waals surface area contributed by atoms with E-state index in [9.17, 15) is 5.11 Å². The monoisotopic (exact) mass is 516 g/mol. The van der Waals surface area contributed by atoms with Crippen LogP contribution in [0.4, 0.5) is 11.8 Å². The molecule has 0 saturated carbocycles. The Balaban J connectivity index is 1.39. The Hall–Kier alpha value is -2.40. The maximum atomic E-state index is 9.44. The average Bonchev–Trinajstić information content (AvgIpc) is 3.49. The van der Waals surface area contributed by atoms with Crippen LogP contribution in [0.1, 0.15) is 50.4 Å². The number of nitrogens with zero attached hydrogens (tertiary/aromatic N) is 5. The van der Waals surface area contributed by atoms with Gasteiger partial charge in [0, 0.05) is 47.4 Å². The maximum Gasteiger partial charge on any atom is 0.249 e. The first-order chi connectivity index (χ1) is 16.8. The SMILES string of the molecule is CC(Nc1nc(N2CC(CCO)OC(C)(C)C2)nc2c1CSC2)c1nc(-c2ccc(Cl)cc2)no1. The molecular formula is C24H29ClN6O3S. The molecule has 2 aromatic heterocycles. The van der Waals surface area contributed by atoms with Gasteiger partial charge >= 0.3 is 0 Å². The van der Waals surface area contributed by atoms with Crippen LogP contribution >= 0.6 is 23.4 Å². The zero-order chi connectivity index (χ0) is 24.6. The third-order valence-corrected chi connectivity index (χ3v) is 7.27. The van der Waals surface area contributed by atoms with Crippen LogP contribution in [0.3, 0.4) is 0 Å². The van der Waals surface area contributed by atoms with Gasteiger partial charge in [0.05, 0.1) is 17.4 Å². The number of anilines is 2. The lowest BCUT2D eigenvalue weighted by Gasteiger charge is -2.43. The van der Waals surface area contributed by atoms with Gasteiger partial charge in [0.25, 0.3) is 0 Å². The third kappa shape index (κ3) is 5.40. The van der Waals surface area contributed by atoms with Crippen LogP contribution in [0, 0.1) is 0 Å². The molecule has 2 unspecified atom stereocenters. The van der Waals surface area contributed by atoms with E-state index >= 15 is 0 Å². The third-order valence-electron chi connectivity index (χ3n) is 6.05. The molecule has 2 N–H and O–H groups in total. The first-order valence-corrected chi connectivity index (χ1v) is 13.2. The number of nitrogens with one attached hydrogen (secondary N) is 1. The molecule has 1 fully saturated rings. The van der Waals surface area contributed by atoms with Gasteiger partial charge in [-0.15, -0.1) is 0 Å². The molecule has 3 aromatic rings. The summed E-state index contributed by atoms with van der Waals surface area (Å²) in [4.78, 5) is 16.6. The van der Waals surface area contributed by atoms with Crippen molar-refractivity contribution in [2.45, 2.75) is 56.4 Å². The van der Waals surface area contributed by atoms with Gasteiger partial charge in [0.15, 0.2) is 0 Å². The molecule has 0 spiro atoms. The molecule has 0 aliphatic carbocycles. The standard InChI is InChI=1S/C24H29ClN6O3S/c1-14(22-28-20(30-34-22)15-4-6-16(25)7-5-15)26-21-18-11-35-12-19(18)27-23(29-21)31-10-17(8-9-32)33-24(2,3)13-31/h4-7,14,17,32H,8-13H2,1-3H3,(H,26,27,29). The predicted molar refractivity (Wildman–Crippen MR) is 137 cm³/mol. The Morgan fingerprint density at radius 1 is 1.23 bits per heavy atom. The molecule has 5 rings (SSSR count). The number of ether oxygens (including phenoxy) is 1. The summed E-state index contributed by atoms with van der Waals surface area (Å²) in [6.07, 6.45) is 0.505. The van der Waals surface area contributed by atoms with E-state index in [1.807, 2.05) is 30.8 Å². The number of fused-ring (bicyclic) bond motifs is 1. The summed E-state index contributed by atoms with van der Waals surface area (Å²) in [5.41, 5.74) is 2.64. The first-order valence-electron chi connectivity index (χ1n) is 11.7. The minimum atomic E-state index is -0.363. The van der Waals surface area contributed by atoms with Crippen molar-refractivity contribution in [2.24, 2.45) is 0 Å². The summed E-state index contributed by atoms with van der Waals surface area (Å²) < 4.78 is 11.7. The highest BCUT2D eigenvalue weighted by Gasteiger charge is 2.35. The van der Waals surface area contributed by atoms with Crippen molar-refractivity contribution in [3.05, 3.63) is 46.4 Å². The van der Waals surface area contributed by atoms with E-state index in [-0.39, 0.29) is 24.4 Å². The number of aromatic nitrogens is 4. The van der Waals surface area contributed by atoms with Crippen LogP contribution in [0.15, 0.2) is 28.8 Å². The van der Waals surface area contributed by atoms with Gasteiger partial charge in [-0.1, -0.05) is 16.8 Å². The van der Waals surface area contributed by atoms with E-state index in [2.05, 4.69) is 34.2 Å². The first kappa shape index (κ1) is 24.3. The summed E-state index contributed by atoms with van der Waals surface area (Å²) in [5, 5.41) is 17.7. The maximum absolute atomic E-state index is 9.44. The van der Waals surface area contributed by atoms with Crippen LogP contribution in [0.5, 0.6) is 0 Å². The lowest BCUT2D eigenvalue weighted by Crippen LogP contribution is -2.53. The number of halogens is 1. The van der Waals surface area contributed by atoms with Gasteiger partial charge in [-0.3, -0.25) is 0 Å². The number of hydrogen-bond donors (Lipinski definition) is 2. The van der Waals surface area contributed by atoms with Crippen LogP contribution in [0.25, 0.3) is 11.4 Å². The molecular weight excluding hydrogens is 488 g/mol. The molecule has 186 valence electrons. The topological polar surface area (TPSA) is 109 Å². The van der Waals surface area contributed by atoms with E-state index in [1.165, 1.54) is 0 Å². The van der Waals surface area contributed by atoms with Gasteiger partial charge in [-0.2, -0.15) is 21.7 Å². The molecule has 2 atom stereocenters. The highest BCUT2D eigenvalue weighted by molar-refractivity contribution is 7.98. The lowest BCUT2D eigenvalue weighted by atomic mass is 10.0. The van der Waals surface area contributed by atoms with Crippen molar-refractivity contribution in [3.63, 3.8) is 0 Å². The van der Waals surface area contributed by atoms with Gasteiger partial charge < -0.3 is 24.6 Å². The van der Waals surface area contributed by atoms with E-state index in [4.69, 9.17) is 30.8 Å². The average molecular weight is 517 g/mol. The summed E-state index contributed by atoms with van der Waals surface area (Å²) in [6, 6.07) is 7.09. The molecule has 4 heterocycles. The highest BCUT2D eigenvalue weighted by atomic mass is 35.5. The van der Waals surface area contributed by atoms with E-state index in [0.717, 1.165) is 34.1 Å². The summed E-state index contributed by atoms with van der Waals surface area (Å²) in [5.74, 6) is 4.16. The highest BCUT2D eigenvalue weighted by Crippen LogP contribution is 2.36. The number of aliphatic hydroxyl groups excluding tert-OH is 1. The second kappa shape index (κ2) is 9.93. The number of hydrogen-bond acceptors (Lipinski definition) is 10. The zero-order valence-corrected chi connectivity index (χ0v) is 21.6. The minimum Gasteiger partial charge on any atom is -0.396 e. The van der Waals surface area contributed by atoms with Crippen LogP contribution < -0.4 is 10.2 Å². The van der Waals surface area contributed by atoms with Gasteiger partial charge in [0.1, 0.15) is 11.9 Å². The van der Waals surface area contributed by atoms with Gasteiger partial charge in [-0.25, -0.2) is 4.98 Å². The molecule has 11 heteroatoms. The van der Waals surface area contributed by atoms with Gasteiger partial charge in [-0.05, 0) is 51.5 Å². The molecule has 2 aliphatic heterocycles. The Morgan fingerprint density at radius 3 is 2.80 bits per heavy atom. The Labute approximate surface area is 213 Å². The van der Waals surface area contributed by atoms with Crippen molar-refractivity contribution in [1.82, 2.24) is 20.1 Å². The zero-order valence-electron chi connectivity index (χ0n) is 20.0. The van der Waals surface area contributed by atoms with Crippen molar-refractivity contribution in [3.8, 4) is 11.4 Å². The Kier molecular flexibility index (Phi) is 6.89. The largest absolute Gasteiger partial charge is 0.396 e. The van der Waals surface area contributed by atoms with Crippen molar-refractivity contribution >= 4 is 35.1 Å². The summed E-state index contributed by atoms with van der Waals surface area (Å²) in [6.45, 7) is 7.49. The van der Waals surface area contributed by atoms with Crippen molar-refractivity contribution in [1.29, 1.82) is 0 Å². The second-order valence-electron chi connectivity index (χ2n) is 9.51. The summed E-state index contributed by atoms with van der Waals surface area (Å²) in [7, 11) is 0. The molecule has 0 bridgehead atoms. The smallest absolute Gasteiger partial charge is 0.249 e. The van der Waals surface area contributed by atoms with Crippen LogP contribution in [-0.2, 0) is 16.2 Å². The van der Waals surface area contributed by atoms with E-state index < -0.39 is 0 Å². The molecule has 9 nitrogen and oxygen atoms in total. The Bertz CT molecular complexity index is 1190. The Morgan fingerprint density at radius 2 is 2.03 bits per heavy atom. The van der Waals surface area contributed by atoms with E-state index in [1.54, 1.807) is 12.1 Å². The normalized spacial score (nSPS) is 20.0.